The molecule has 0 radical (unpaired) electrons. The van der Waals surface area contributed by atoms with Crippen LogP contribution in [0.3, 0.4) is 0 Å². The van der Waals surface area contributed by atoms with Crippen LogP contribution in [0.2, 0.25) is 0 Å². The van der Waals surface area contributed by atoms with Crippen molar-refractivity contribution in [2.24, 2.45) is 0 Å². The molecular weight excluding hydrogens is 282 g/mol. The Morgan fingerprint density at radius 1 is 1.55 bits per heavy atom. The van der Waals surface area contributed by atoms with Gasteiger partial charge in [0.05, 0.1) is 18.3 Å². The first-order valence-corrected chi connectivity index (χ1v) is 7.65. The lowest BCUT2D eigenvalue weighted by molar-refractivity contribution is -0.161. The van der Waals surface area contributed by atoms with Gasteiger partial charge in [0.15, 0.2) is 0 Å². The minimum Gasteiger partial charge on any atom is -0.369 e. The lowest BCUT2D eigenvalue weighted by Crippen LogP contribution is -2.53. The molecule has 0 bridgehead atoms. The minimum atomic E-state index is -0.214. The van der Waals surface area contributed by atoms with E-state index < -0.39 is 0 Å². The first-order chi connectivity index (χ1) is 10.4. The topological polar surface area (TPSA) is 57.8 Å². The van der Waals surface area contributed by atoms with Crippen molar-refractivity contribution in [3.8, 4) is 0 Å². The van der Waals surface area contributed by atoms with Crippen LogP contribution >= 0.6 is 0 Å². The average Bonchev–Trinajstić information content (AvgIpc) is 2.89. The third-order valence-electron chi connectivity index (χ3n) is 3.65. The van der Waals surface area contributed by atoms with Gasteiger partial charge in [-0.3, -0.25) is 9.69 Å². The van der Waals surface area contributed by atoms with Gasteiger partial charge >= 0.3 is 0 Å². The van der Waals surface area contributed by atoms with E-state index in [0.29, 0.717) is 6.61 Å². The summed E-state index contributed by atoms with van der Waals surface area (Å²) in [6.07, 6.45) is 3.94. The fourth-order valence-electron chi connectivity index (χ4n) is 2.75. The first-order valence-electron chi connectivity index (χ1n) is 7.65. The number of amides is 1. The standard InChI is InChI=1S/C16H27N3O3/c1-16(2)12-19(8-13-5-6-17-7-13)9-14(22-16)10-21-11-15(20)18(3)4/h5-7,14,17H,8-12H2,1-4H3/t14-/m0/s1. The zero-order valence-corrected chi connectivity index (χ0v) is 14.0. The quantitative estimate of drug-likeness (QED) is 0.855. The van der Waals surface area contributed by atoms with E-state index in [1.807, 2.05) is 12.4 Å². The lowest BCUT2D eigenvalue weighted by Gasteiger charge is -2.42. The van der Waals surface area contributed by atoms with Crippen LogP contribution in [0.1, 0.15) is 19.4 Å². The van der Waals surface area contributed by atoms with Crippen molar-refractivity contribution in [3.63, 3.8) is 0 Å². The Morgan fingerprint density at radius 2 is 2.32 bits per heavy atom. The summed E-state index contributed by atoms with van der Waals surface area (Å²) in [5, 5.41) is 0. The number of aromatic amines is 1. The van der Waals surface area contributed by atoms with Gasteiger partial charge in [0.25, 0.3) is 0 Å². The molecule has 1 fully saturated rings. The van der Waals surface area contributed by atoms with Gasteiger partial charge in [-0.05, 0) is 25.5 Å². The van der Waals surface area contributed by atoms with Crippen LogP contribution in [0.25, 0.3) is 0 Å². The summed E-state index contributed by atoms with van der Waals surface area (Å²) in [5.74, 6) is -0.0285. The molecule has 1 aliphatic heterocycles. The molecule has 0 aromatic carbocycles. The van der Waals surface area contributed by atoms with Crippen LogP contribution in [0.15, 0.2) is 18.5 Å². The van der Waals surface area contributed by atoms with Gasteiger partial charge < -0.3 is 19.4 Å². The molecule has 1 aromatic rings. The van der Waals surface area contributed by atoms with Crippen LogP contribution in [-0.4, -0.2) is 72.8 Å². The van der Waals surface area contributed by atoms with Crippen molar-refractivity contribution in [1.82, 2.24) is 14.8 Å². The van der Waals surface area contributed by atoms with E-state index in [1.165, 1.54) is 10.5 Å². The second kappa shape index (κ2) is 7.26. The zero-order chi connectivity index (χ0) is 16.2. The summed E-state index contributed by atoms with van der Waals surface area (Å²) >= 11 is 0. The molecule has 1 amide bonds. The van der Waals surface area contributed by atoms with Crippen molar-refractivity contribution < 1.29 is 14.3 Å². The van der Waals surface area contributed by atoms with Crippen molar-refractivity contribution in [2.45, 2.75) is 32.1 Å². The number of ether oxygens (including phenoxy) is 2. The molecular formula is C16H27N3O3. The molecule has 0 saturated carbocycles. The number of carbonyl (C=O) groups is 1. The van der Waals surface area contributed by atoms with E-state index in [9.17, 15) is 4.79 Å². The maximum absolute atomic E-state index is 11.5. The molecule has 0 aliphatic carbocycles. The predicted octanol–water partition coefficient (Wildman–Crippen LogP) is 1.10. The number of nitrogens with one attached hydrogen (secondary N) is 1. The van der Waals surface area contributed by atoms with Crippen molar-refractivity contribution in [3.05, 3.63) is 24.0 Å². The third kappa shape index (κ3) is 5.12. The Morgan fingerprint density at radius 3 is 2.95 bits per heavy atom. The van der Waals surface area contributed by atoms with E-state index in [2.05, 4.69) is 29.8 Å². The predicted molar refractivity (Wildman–Crippen MR) is 84.5 cm³/mol. The average molecular weight is 309 g/mol. The summed E-state index contributed by atoms with van der Waals surface area (Å²) in [6, 6.07) is 2.09. The molecule has 2 heterocycles. The van der Waals surface area contributed by atoms with Crippen LogP contribution in [0.4, 0.5) is 0 Å². The largest absolute Gasteiger partial charge is 0.369 e. The normalized spacial score (nSPS) is 21.7. The number of morpholine rings is 1. The maximum Gasteiger partial charge on any atom is 0.248 e. The summed E-state index contributed by atoms with van der Waals surface area (Å²) in [7, 11) is 3.45. The third-order valence-corrected chi connectivity index (χ3v) is 3.65. The molecule has 0 unspecified atom stereocenters. The molecule has 6 heteroatoms. The summed E-state index contributed by atoms with van der Waals surface area (Å²) < 4.78 is 11.6. The lowest BCUT2D eigenvalue weighted by atomic mass is 10.0. The van der Waals surface area contributed by atoms with Crippen molar-refractivity contribution >= 4 is 5.91 Å². The molecule has 1 saturated heterocycles. The van der Waals surface area contributed by atoms with Crippen LogP contribution in [-0.2, 0) is 20.8 Å². The zero-order valence-electron chi connectivity index (χ0n) is 14.0. The Balaban J connectivity index is 1.84. The highest BCUT2D eigenvalue weighted by molar-refractivity contribution is 5.76. The number of rotatable bonds is 6. The van der Waals surface area contributed by atoms with Crippen molar-refractivity contribution in [1.29, 1.82) is 0 Å². The van der Waals surface area contributed by atoms with Gasteiger partial charge in [-0.2, -0.15) is 0 Å². The number of nitrogens with zero attached hydrogens (tertiary/aromatic N) is 2. The van der Waals surface area contributed by atoms with Gasteiger partial charge in [-0.25, -0.2) is 0 Å². The van der Waals surface area contributed by atoms with Gasteiger partial charge in [0.1, 0.15) is 6.61 Å². The van der Waals surface area contributed by atoms with Gasteiger partial charge in [0, 0.05) is 46.1 Å². The smallest absolute Gasteiger partial charge is 0.248 e. The molecule has 1 aromatic heterocycles. The number of carbonyl (C=O) groups excluding carboxylic acids is 1. The van der Waals surface area contributed by atoms with E-state index in [0.717, 1.165) is 19.6 Å². The molecule has 6 nitrogen and oxygen atoms in total. The van der Waals surface area contributed by atoms with E-state index in [-0.39, 0.29) is 24.2 Å². The monoisotopic (exact) mass is 309 g/mol. The Labute approximate surface area is 132 Å². The second-order valence-electron chi connectivity index (χ2n) is 6.69. The Bertz CT molecular complexity index is 471. The molecule has 1 atom stereocenters. The number of aromatic nitrogens is 1. The molecule has 1 N–H and O–H groups in total. The molecule has 124 valence electrons. The summed E-state index contributed by atoms with van der Waals surface area (Å²) in [5.41, 5.74) is 1.05. The molecule has 1 aliphatic rings. The number of likely N-dealkylation sites (N-methyl/N-ethyl adjacent to an activating group) is 1. The summed E-state index contributed by atoms with van der Waals surface area (Å²) in [6.45, 7) is 7.31. The molecule has 0 spiro atoms. The van der Waals surface area contributed by atoms with E-state index >= 15 is 0 Å². The first kappa shape index (κ1) is 17.0. The van der Waals surface area contributed by atoms with Crippen LogP contribution in [0.5, 0.6) is 0 Å². The highest BCUT2D eigenvalue weighted by Gasteiger charge is 2.33. The number of hydrogen-bond acceptors (Lipinski definition) is 4. The van der Waals surface area contributed by atoms with Gasteiger partial charge in [-0.1, -0.05) is 0 Å². The maximum atomic E-state index is 11.5. The second-order valence-corrected chi connectivity index (χ2v) is 6.69. The van der Waals surface area contributed by atoms with Gasteiger partial charge in [-0.15, -0.1) is 0 Å². The Kier molecular flexibility index (Phi) is 5.61. The van der Waals surface area contributed by atoms with Crippen molar-refractivity contribution in [2.75, 3.05) is 40.4 Å². The molecule has 22 heavy (non-hydrogen) atoms. The number of H-pyrrole nitrogens is 1. The number of hydrogen-bond donors (Lipinski definition) is 1. The Hall–Kier alpha value is -1.37. The van der Waals surface area contributed by atoms with E-state index in [1.54, 1.807) is 14.1 Å². The fourth-order valence-corrected chi connectivity index (χ4v) is 2.75. The van der Waals surface area contributed by atoms with E-state index in [4.69, 9.17) is 9.47 Å². The van der Waals surface area contributed by atoms with Gasteiger partial charge in [0.2, 0.25) is 5.91 Å². The van der Waals surface area contributed by atoms with Crippen LogP contribution < -0.4 is 0 Å². The highest BCUT2D eigenvalue weighted by atomic mass is 16.5. The SMILES string of the molecule is CN(C)C(=O)COC[C@@H]1CN(Cc2cc[nH]c2)CC(C)(C)O1. The van der Waals surface area contributed by atoms with Crippen LogP contribution in [0, 0.1) is 0 Å². The minimum absolute atomic E-state index is 0.0161. The highest BCUT2D eigenvalue weighted by Crippen LogP contribution is 2.22. The summed E-state index contributed by atoms with van der Waals surface area (Å²) in [4.78, 5) is 18.5. The fraction of sp³-hybridized carbons (Fsp3) is 0.688. The molecule has 2 rings (SSSR count).